The van der Waals surface area contributed by atoms with Gasteiger partial charge in [-0.2, -0.15) is 0 Å². The minimum atomic E-state index is -0.988. The van der Waals surface area contributed by atoms with Crippen molar-refractivity contribution in [3.63, 3.8) is 0 Å². The van der Waals surface area contributed by atoms with Gasteiger partial charge in [-0.15, -0.1) is 0 Å². The van der Waals surface area contributed by atoms with Crippen LogP contribution in [0.4, 0.5) is 0 Å². The largest absolute Gasteiger partial charge is 0.480 e. The second-order valence-corrected chi connectivity index (χ2v) is 3.75. The second kappa shape index (κ2) is 7.23. The molecule has 1 amide bonds. The summed E-state index contributed by atoms with van der Waals surface area (Å²) in [7, 11) is 0. The maximum absolute atomic E-state index is 11.3. The molecule has 0 aromatic rings. The van der Waals surface area contributed by atoms with Gasteiger partial charge in [0, 0.05) is 6.42 Å². The molecule has 0 radical (unpaired) electrons. The van der Waals surface area contributed by atoms with Crippen molar-refractivity contribution in [1.29, 1.82) is 0 Å². The van der Waals surface area contributed by atoms with Crippen LogP contribution in [0.3, 0.4) is 0 Å². The molecule has 0 rings (SSSR count). The number of rotatable bonds is 7. The summed E-state index contributed by atoms with van der Waals surface area (Å²) >= 11 is 0. The predicted octanol–water partition coefficient (Wildman–Crippen LogP) is 0.341. The molecule has 0 aromatic heterocycles. The van der Waals surface area contributed by atoms with Crippen LogP contribution in [-0.2, 0) is 9.59 Å². The number of nitrogens with one attached hydrogen (secondary N) is 1. The molecular weight excluding hydrogens is 196 g/mol. The van der Waals surface area contributed by atoms with E-state index in [2.05, 4.69) is 5.32 Å². The van der Waals surface area contributed by atoms with Gasteiger partial charge in [-0.3, -0.25) is 4.79 Å². The summed E-state index contributed by atoms with van der Waals surface area (Å²) in [5, 5.41) is 11.2. The lowest BCUT2D eigenvalue weighted by molar-refractivity contribution is -0.141. The molecule has 2 atom stereocenters. The highest BCUT2D eigenvalue weighted by Gasteiger charge is 2.17. The maximum atomic E-state index is 11.3. The zero-order valence-corrected chi connectivity index (χ0v) is 9.32. The van der Waals surface area contributed by atoms with E-state index in [1.54, 1.807) is 6.92 Å². The van der Waals surface area contributed by atoms with Crippen molar-refractivity contribution in [2.45, 2.75) is 39.2 Å². The molecule has 0 heterocycles. The van der Waals surface area contributed by atoms with Crippen LogP contribution in [0.15, 0.2) is 0 Å². The zero-order valence-electron chi connectivity index (χ0n) is 9.32. The number of nitrogens with two attached hydrogens (primary N) is 1. The summed E-state index contributed by atoms with van der Waals surface area (Å²) in [4.78, 5) is 21.9. The van der Waals surface area contributed by atoms with Crippen molar-refractivity contribution >= 4 is 11.9 Å². The van der Waals surface area contributed by atoms with E-state index in [0.29, 0.717) is 31.7 Å². The lowest BCUT2D eigenvalue weighted by Crippen LogP contribution is -2.40. The van der Waals surface area contributed by atoms with Gasteiger partial charge in [0.25, 0.3) is 0 Å². The van der Waals surface area contributed by atoms with Crippen molar-refractivity contribution in [2.75, 3.05) is 6.54 Å². The van der Waals surface area contributed by atoms with Crippen LogP contribution in [0.25, 0.3) is 0 Å². The number of aliphatic carboxylic acids is 1. The summed E-state index contributed by atoms with van der Waals surface area (Å²) in [6.45, 7) is 4.23. The van der Waals surface area contributed by atoms with Crippen molar-refractivity contribution in [3.05, 3.63) is 0 Å². The fraction of sp³-hybridized carbons (Fsp3) is 0.800. The molecule has 5 heteroatoms. The Balaban J connectivity index is 3.86. The highest BCUT2D eigenvalue weighted by molar-refractivity contribution is 5.83. The summed E-state index contributed by atoms with van der Waals surface area (Å²) in [6.07, 6.45) is 1.42. The molecule has 0 saturated carbocycles. The van der Waals surface area contributed by atoms with E-state index in [9.17, 15) is 9.59 Å². The summed E-state index contributed by atoms with van der Waals surface area (Å²) in [5.41, 5.74) is 5.41. The molecule has 0 aliphatic heterocycles. The first kappa shape index (κ1) is 13.9. The van der Waals surface area contributed by atoms with Crippen LogP contribution < -0.4 is 11.1 Å². The molecule has 0 aliphatic carbocycles. The maximum Gasteiger partial charge on any atom is 0.326 e. The number of carbonyl (C=O) groups is 2. The van der Waals surface area contributed by atoms with E-state index in [1.165, 1.54) is 0 Å². The van der Waals surface area contributed by atoms with Crippen molar-refractivity contribution < 1.29 is 14.7 Å². The van der Waals surface area contributed by atoms with Crippen molar-refractivity contribution in [2.24, 2.45) is 11.7 Å². The smallest absolute Gasteiger partial charge is 0.326 e. The first-order valence-corrected chi connectivity index (χ1v) is 5.23. The summed E-state index contributed by atoms with van der Waals surface area (Å²) < 4.78 is 0. The molecule has 88 valence electrons. The van der Waals surface area contributed by atoms with E-state index in [0.717, 1.165) is 0 Å². The van der Waals surface area contributed by atoms with Crippen LogP contribution in [0.2, 0.25) is 0 Å². The van der Waals surface area contributed by atoms with Crippen molar-refractivity contribution in [1.82, 2.24) is 5.32 Å². The van der Waals surface area contributed by atoms with E-state index < -0.39 is 12.0 Å². The van der Waals surface area contributed by atoms with Crippen LogP contribution >= 0.6 is 0 Å². The van der Waals surface area contributed by atoms with E-state index in [4.69, 9.17) is 10.8 Å². The fourth-order valence-corrected chi connectivity index (χ4v) is 1.10. The third-order valence-electron chi connectivity index (χ3n) is 2.31. The molecule has 5 nitrogen and oxygen atoms in total. The Bertz CT molecular complexity index is 219. The summed E-state index contributed by atoms with van der Waals surface area (Å²) in [5.74, 6) is -0.914. The van der Waals surface area contributed by atoms with Gasteiger partial charge in [0.2, 0.25) is 5.91 Å². The molecule has 0 fully saturated rings. The molecule has 0 saturated heterocycles. The van der Waals surface area contributed by atoms with Crippen LogP contribution in [0, 0.1) is 5.92 Å². The lowest BCUT2D eigenvalue weighted by Gasteiger charge is -2.13. The quantitative estimate of drug-likeness (QED) is 0.572. The first-order valence-electron chi connectivity index (χ1n) is 5.23. The number of hydrogen-bond acceptors (Lipinski definition) is 3. The molecular formula is C10H20N2O3. The topological polar surface area (TPSA) is 92.4 Å². The Labute approximate surface area is 90.0 Å². The van der Waals surface area contributed by atoms with Crippen LogP contribution in [-0.4, -0.2) is 29.6 Å². The van der Waals surface area contributed by atoms with Gasteiger partial charge in [-0.05, 0) is 25.3 Å². The Morgan fingerprint density at radius 2 is 2.07 bits per heavy atom. The van der Waals surface area contributed by atoms with E-state index in [1.807, 2.05) is 6.92 Å². The number of hydrogen-bond donors (Lipinski definition) is 3. The van der Waals surface area contributed by atoms with Crippen LogP contribution in [0.1, 0.15) is 33.1 Å². The molecule has 15 heavy (non-hydrogen) atoms. The number of carboxylic acid groups (broad SMARTS) is 1. The van der Waals surface area contributed by atoms with Gasteiger partial charge in [0.1, 0.15) is 6.04 Å². The lowest BCUT2D eigenvalue weighted by atomic mass is 10.1. The van der Waals surface area contributed by atoms with Gasteiger partial charge in [-0.1, -0.05) is 13.8 Å². The normalized spacial score (nSPS) is 14.3. The average molecular weight is 216 g/mol. The van der Waals surface area contributed by atoms with Crippen LogP contribution in [0.5, 0.6) is 0 Å². The Hall–Kier alpha value is -1.10. The SMILES string of the molecule is CCC(NC(=O)CCC(C)CN)C(=O)O. The van der Waals surface area contributed by atoms with E-state index in [-0.39, 0.29) is 5.91 Å². The van der Waals surface area contributed by atoms with E-state index >= 15 is 0 Å². The minimum Gasteiger partial charge on any atom is -0.480 e. The van der Waals surface area contributed by atoms with Gasteiger partial charge in [0.05, 0.1) is 0 Å². The predicted molar refractivity (Wildman–Crippen MR) is 57.3 cm³/mol. The highest BCUT2D eigenvalue weighted by Crippen LogP contribution is 2.03. The Morgan fingerprint density at radius 1 is 1.47 bits per heavy atom. The molecule has 4 N–H and O–H groups in total. The number of carbonyl (C=O) groups excluding carboxylic acids is 1. The fourth-order valence-electron chi connectivity index (χ4n) is 1.10. The standard InChI is InChI=1S/C10H20N2O3/c1-3-8(10(14)15)12-9(13)5-4-7(2)6-11/h7-8H,3-6,11H2,1-2H3,(H,12,13)(H,14,15). The molecule has 0 aromatic carbocycles. The monoisotopic (exact) mass is 216 g/mol. The average Bonchev–Trinajstić information content (AvgIpc) is 2.21. The third kappa shape index (κ3) is 6.06. The molecule has 0 aliphatic rings. The number of amides is 1. The number of carboxylic acids is 1. The molecule has 0 bridgehead atoms. The van der Waals surface area contributed by atoms with Gasteiger partial charge in [0.15, 0.2) is 0 Å². The third-order valence-corrected chi connectivity index (χ3v) is 2.31. The molecule has 0 spiro atoms. The Kier molecular flexibility index (Phi) is 6.70. The molecule has 2 unspecified atom stereocenters. The van der Waals surface area contributed by atoms with Crippen molar-refractivity contribution in [3.8, 4) is 0 Å². The van der Waals surface area contributed by atoms with Gasteiger partial charge in [-0.25, -0.2) is 4.79 Å². The van der Waals surface area contributed by atoms with Gasteiger partial charge < -0.3 is 16.2 Å². The summed E-state index contributed by atoms with van der Waals surface area (Å²) in [6, 6.07) is -0.773. The Morgan fingerprint density at radius 3 is 2.47 bits per heavy atom. The first-order chi connectivity index (χ1) is 7.01. The van der Waals surface area contributed by atoms with Gasteiger partial charge >= 0.3 is 5.97 Å². The minimum absolute atomic E-state index is 0.218. The highest BCUT2D eigenvalue weighted by atomic mass is 16.4. The second-order valence-electron chi connectivity index (χ2n) is 3.75. The zero-order chi connectivity index (χ0) is 11.8.